The molecular weight excluding hydrogens is 376 g/mol. The maximum Gasteiger partial charge on any atom is 0.246 e. The number of nitrogens with zero attached hydrogens (tertiary/aromatic N) is 2. The molecule has 1 saturated heterocycles. The first-order chi connectivity index (χ1) is 13.3. The molecular formula is C21H28N2O4S. The molecule has 2 aromatic carbocycles. The fourth-order valence-corrected chi connectivity index (χ4v) is 5.06. The van der Waals surface area contributed by atoms with Gasteiger partial charge in [-0.05, 0) is 37.1 Å². The van der Waals surface area contributed by atoms with E-state index in [1.165, 1.54) is 41.3 Å². The molecule has 0 aliphatic carbocycles. The van der Waals surface area contributed by atoms with E-state index in [2.05, 4.69) is 36.9 Å². The lowest BCUT2D eigenvalue weighted by Crippen LogP contribution is -2.48. The van der Waals surface area contributed by atoms with E-state index in [-0.39, 0.29) is 4.90 Å². The summed E-state index contributed by atoms with van der Waals surface area (Å²) in [6, 6.07) is 11.3. The lowest BCUT2D eigenvalue weighted by Gasteiger charge is -2.34. The molecule has 0 bridgehead atoms. The van der Waals surface area contributed by atoms with Crippen LogP contribution in [0.4, 0.5) is 0 Å². The molecule has 0 N–H and O–H groups in total. The van der Waals surface area contributed by atoms with Crippen LogP contribution in [-0.4, -0.2) is 58.0 Å². The highest BCUT2D eigenvalue weighted by Crippen LogP contribution is 2.31. The van der Waals surface area contributed by atoms with Crippen molar-refractivity contribution in [3.05, 3.63) is 53.1 Å². The van der Waals surface area contributed by atoms with Crippen molar-refractivity contribution in [3.63, 3.8) is 0 Å². The molecule has 152 valence electrons. The number of rotatable bonds is 6. The standard InChI is InChI=1S/C21H28N2O4S/c1-16-5-6-17(2)18(13-16)15-22-9-11-23(12-10-22)28(24,25)21-14-19(26-3)7-8-20(21)27-4/h5-8,13-14H,9-12,15H2,1-4H3. The fraction of sp³-hybridized carbons (Fsp3) is 0.429. The molecule has 1 aliphatic rings. The van der Waals surface area contributed by atoms with Crippen LogP contribution in [-0.2, 0) is 16.6 Å². The molecule has 3 rings (SSSR count). The number of hydrogen-bond donors (Lipinski definition) is 0. The summed E-state index contributed by atoms with van der Waals surface area (Å²) in [5, 5.41) is 0. The van der Waals surface area contributed by atoms with Gasteiger partial charge in [-0.1, -0.05) is 23.8 Å². The Labute approximate surface area is 167 Å². The van der Waals surface area contributed by atoms with Gasteiger partial charge in [0.1, 0.15) is 16.4 Å². The molecule has 2 aromatic rings. The summed E-state index contributed by atoms with van der Waals surface area (Å²) in [4.78, 5) is 2.45. The van der Waals surface area contributed by atoms with Crippen molar-refractivity contribution in [1.82, 2.24) is 9.21 Å². The van der Waals surface area contributed by atoms with Gasteiger partial charge in [0.15, 0.2) is 0 Å². The van der Waals surface area contributed by atoms with E-state index in [0.29, 0.717) is 37.7 Å². The Morgan fingerprint density at radius 1 is 0.929 bits per heavy atom. The molecule has 0 spiro atoms. The highest BCUT2D eigenvalue weighted by Gasteiger charge is 2.31. The van der Waals surface area contributed by atoms with Crippen LogP contribution in [0, 0.1) is 13.8 Å². The second-order valence-electron chi connectivity index (χ2n) is 7.13. The number of piperazine rings is 1. The van der Waals surface area contributed by atoms with Gasteiger partial charge in [-0.2, -0.15) is 4.31 Å². The molecule has 0 radical (unpaired) electrons. The maximum atomic E-state index is 13.2. The van der Waals surface area contributed by atoms with Gasteiger partial charge < -0.3 is 9.47 Å². The summed E-state index contributed by atoms with van der Waals surface area (Å²) < 4.78 is 38.3. The summed E-state index contributed by atoms with van der Waals surface area (Å²) >= 11 is 0. The smallest absolute Gasteiger partial charge is 0.246 e. The van der Waals surface area contributed by atoms with Gasteiger partial charge in [0.2, 0.25) is 10.0 Å². The minimum absolute atomic E-state index is 0.150. The van der Waals surface area contributed by atoms with Crippen LogP contribution in [0.15, 0.2) is 41.3 Å². The number of sulfonamides is 1. The summed E-state index contributed by atoms with van der Waals surface area (Å²) in [6.45, 7) is 7.34. The minimum atomic E-state index is -3.65. The van der Waals surface area contributed by atoms with Crippen molar-refractivity contribution in [1.29, 1.82) is 0 Å². The minimum Gasteiger partial charge on any atom is -0.497 e. The van der Waals surface area contributed by atoms with Crippen LogP contribution < -0.4 is 9.47 Å². The lowest BCUT2D eigenvalue weighted by molar-refractivity contribution is 0.181. The lowest BCUT2D eigenvalue weighted by atomic mass is 10.1. The Hall–Kier alpha value is -2.09. The average Bonchev–Trinajstić information content (AvgIpc) is 2.70. The molecule has 0 aromatic heterocycles. The molecule has 1 aliphatic heterocycles. The van der Waals surface area contributed by atoms with Crippen molar-refractivity contribution < 1.29 is 17.9 Å². The van der Waals surface area contributed by atoms with Crippen molar-refractivity contribution in [2.75, 3.05) is 40.4 Å². The Balaban J connectivity index is 1.73. The van der Waals surface area contributed by atoms with Gasteiger partial charge in [0.25, 0.3) is 0 Å². The second-order valence-corrected chi connectivity index (χ2v) is 9.03. The SMILES string of the molecule is COc1ccc(OC)c(S(=O)(=O)N2CCN(Cc3cc(C)ccc3C)CC2)c1. The van der Waals surface area contributed by atoms with Crippen molar-refractivity contribution >= 4 is 10.0 Å². The normalized spacial score (nSPS) is 16.1. The zero-order chi connectivity index (χ0) is 20.3. The van der Waals surface area contributed by atoms with Gasteiger partial charge in [-0.15, -0.1) is 0 Å². The average molecular weight is 405 g/mol. The number of hydrogen-bond acceptors (Lipinski definition) is 5. The van der Waals surface area contributed by atoms with Crippen molar-refractivity contribution in [2.45, 2.75) is 25.3 Å². The highest BCUT2D eigenvalue weighted by atomic mass is 32.2. The number of benzene rings is 2. The number of methoxy groups -OCH3 is 2. The van der Waals surface area contributed by atoms with Crippen molar-refractivity contribution in [2.24, 2.45) is 0 Å². The van der Waals surface area contributed by atoms with Gasteiger partial charge >= 0.3 is 0 Å². The Kier molecular flexibility index (Phi) is 6.27. The molecule has 7 heteroatoms. The first kappa shape index (κ1) is 20.6. The summed E-state index contributed by atoms with van der Waals surface area (Å²) in [6.07, 6.45) is 0. The van der Waals surface area contributed by atoms with Gasteiger partial charge in [-0.3, -0.25) is 4.90 Å². The zero-order valence-electron chi connectivity index (χ0n) is 16.9. The third kappa shape index (κ3) is 4.32. The first-order valence-electron chi connectivity index (χ1n) is 9.36. The van der Waals surface area contributed by atoms with E-state index in [1.807, 2.05) is 0 Å². The van der Waals surface area contributed by atoms with Crippen molar-refractivity contribution in [3.8, 4) is 11.5 Å². The molecule has 0 saturated carbocycles. The highest BCUT2D eigenvalue weighted by molar-refractivity contribution is 7.89. The predicted molar refractivity (Wildman–Crippen MR) is 109 cm³/mol. The van der Waals surface area contributed by atoms with Crippen LogP contribution in [0.1, 0.15) is 16.7 Å². The third-order valence-corrected chi connectivity index (χ3v) is 7.14. The monoisotopic (exact) mass is 404 g/mol. The summed E-state index contributed by atoms with van der Waals surface area (Å²) in [5.74, 6) is 0.826. The van der Waals surface area contributed by atoms with Crippen LogP contribution in [0.25, 0.3) is 0 Å². The van der Waals surface area contributed by atoms with E-state index >= 15 is 0 Å². The third-order valence-electron chi connectivity index (χ3n) is 5.22. The molecule has 1 fully saturated rings. The molecule has 0 unspecified atom stereocenters. The fourth-order valence-electron chi connectivity index (χ4n) is 3.46. The van der Waals surface area contributed by atoms with Crippen LogP contribution in [0.5, 0.6) is 11.5 Å². The van der Waals surface area contributed by atoms with Crippen LogP contribution in [0.2, 0.25) is 0 Å². The van der Waals surface area contributed by atoms with E-state index in [0.717, 1.165) is 6.54 Å². The number of ether oxygens (including phenoxy) is 2. The number of aryl methyl sites for hydroxylation is 2. The Morgan fingerprint density at radius 3 is 2.29 bits per heavy atom. The van der Waals surface area contributed by atoms with E-state index in [1.54, 1.807) is 12.1 Å². The molecule has 0 amide bonds. The molecule has 28 heavy (non-hydrogen) atoms. The first-order valence-corrected chi connectivity index (χ1v) is 10.8. The summed E-state index contributed by atoms with van der Waals surface area (Å²) in [5.41, 5.74) is 3.81. The predicted octanol–water partition coefficient (Wildman–Crippen LogP) is 2.83. The van der Waals surface area contributed by atoms with Gasteiger partial charge in [0.05, 0.1) is 14.2 Å². The largest absolute Gasteiger partial charge is 0.497 e. The van der Waals surface area contributed by atoms with E-state index in [9.17, 15) is 8.42 Å². The maximum absolute atomic E-state index is 13.2. The second kappa shape index (κ2) is 8.51. The van der Waals surface area contributed by atoms with Gasteiger partial charge in [-0.25, -0.2) is 8.42 Å². The zero-order valence-corrected chi connectivity index (χ0v) is 17.8. The quantitative estimate of drug-likeness (QED) is 0.741. The topological polar surface area (TPSA) is 59.1 Å². The molecule has 0 atom stereocenters. The van der Waals surface area contributed by atoms with E-state index in [4.69, 9.17) is 9.47 Å². The summed E-state index contributed by atoms with van der Waals surface area (Å²) in [7, 11) is -0.654. The van der Waals surface area contributed by atoms with E-state index < -0.39 is 10.0 Å². The van der Waals surface area contributed by atoms with Crippen LogP contribution in [0.3, 0.4) is 0 Å². The van der Waals surface area contributed by atoms with Gasteiger partial charge in [0, 0.05) is 38.8 Å². The van der Waals surface area contributed by atoms with Crippen LogP contribution >= 0.6 is 0 Å². The Bertz CT molecular complexity index is 935. The Morgan fingerprint density at radius 2 is 1.64 bits per heavy atom. The molecule has 1 heterocycles. The molecule has 6 nitrogen and oxygen atoms in total.